The molecule has 0 radical (unpaired) electrons. The van der Waals surface area contributed by atoms with Gasteiger partial charge in [0.1, 0.15) is 23.9 Å². The van der Waals surface area contributed by atoms with E-state index in [0.717, 1.165) is 40.8 Å². The van der Waals surface area contributed by atoms with Crippen LogP contribution in [0.2, 0.25) is 0 Å². The maximum Gasteiger partial charge on any atom is 0.305 e. The van der Waals surface area contributed by atoms with Gasteiger partial charge in [-0.1, -0.05) is 44.2 Å². The number of halogens is 1. The van der Waals surface area contributed by atoms with Crippen molar-refractivity contribution in [2.45, 2.75) is 52.6 Å². The quantitative estimate of drug-likeness (QED) is 0.266. The number of hydrogen-bond donors (Lipinski definition) is 1. The number of ether oxygens (including phenoxy) is 3. The Labute approximate surface area is 219 Å². The monoisotopic (exact) mass is 508 g/mol. The summed E-state index contributed by atoms with van der Waals surface area (Å²) in [5.41, 5.74) is 4.22. The molecule has 0 saturated heterocycles. The Morgan fingerprint density at radius 3 is 2.49 bits per heavy atom. The van der Waals surface area contributed by atoms with Crippen molar-refractivity contribution >= 4 is 5.97 Å². The summed E-state index contributed by atoms with van der Waals surface area (Å²) < 4.78 is 31.1. The summed E-state index contributed by atoms with van der Waals surface area (Å²) in [4.78, 5) is 11.5. The van der Waals surface area contributed by atoms with E-state index in [1.807, 2.05) is 36.4 Å². The average Bonchev–Trinajstić information content (AvgIpc) is 2.90. The molecule has 3 rings (SSSR count). The molecule has 0 aliphatic carbocycles. The van der Waals surface area contributed by atoms with Crippen molar-refractivity contribution in [3.8, 4) is 22.6 Å². The largest absolute Gasteiger partial charge is 0.497 e. The summed E-state index contributed by atoms with van der Waals surface area (Å²) in [7, 11) is 2.96. The molecule has 37 heavy (non-hydrogen) atoms. The minimum Gasteiger partial charge on any atom is -0.497 e. The van der Waals surface area contributed by atoms with Crippen molar-refractivity contribution in [1.82, 2.24) is 0 Å². The highest BCUT2D eigenvalue weighted by molar-refractivity contribution is 5.70. The Morgan fingerprint density at radius 1 is 0.946 bits per heavy atom. The smallest absolute Gasteiger partial charge is 0.305 e. The number of esters is 1. The predicted octanol–water partition coefficient (Wildman–Crippen LogP) is 6.53. The van der Waals surface area contributed by atoms with E-state index in [-0.39, 0.29) is 23.8 Å². The Bertz CT molecular complexity index is 1190. The zero-order chi connectivity index (χ0) is 26.8. The van der Waals surface area contributed by atoms with Crippen LogP contribution in [0, 0.1) is 11.2 Å². The molecule has 0 spiro atoms. The second kappa shape index (κ2) is 13.2. The van der Waals surface area contributed by atoms with Crippen LogP contribution in [0.15, 0.2) is 60.7 Å². The van der Waals surface area contributed by atoms with E-state index in [1.165, 1.54) is 13.2 Å². The zero-order valence-electron chi connectivity index (χ0n) is 22.2. The summed E-state index contributed by atoms with van der Waals surface area (Å²) in [5, 5.41) is 9.33. The van der Waals surface area contributed by atoms with Crippen molar-refractivity contribution in [1.29, 1.82) is 0 Å². The lowest BCUT2D eigenvalue weighted by molar-refractivity contribution is -0.140. The van der Waals surface area contributed by atoms with E-state index < -0.39 is 0 Å². The fourth-order valence-electron chi connectivity index (χ4n) is 4.45. The van der Waals surface area contributed by atoms with Crippen LogP contribution in [-0.2, 0) is 29.0 Å². The number of rotatable bonds is 13. The first-order valence-electron chi connectivity index (χ1n) is 12.6. The predicted molar refractivity (Wildman–Crippen MR) is 143 cm³/mol. The lowest BCUT2D eigenvalue weighted by atomic mass is 9.79. The molecule has 3 aromatic carbocycles. The normalized spacial score (nSPS) is 11.3. The van der Waals surface area contributed by atoms with Gasteiger partial charge in [-0.3, -0.25) is 4.79 Å². The Kier molecular flexibility index (Phi) is 10.1. The van der Waals surface area contributed by atoms with E-state index in [0.29, 0.717) is 37.2 Å². The molecule has 0 bridgehead atoms. The van der Waals surface area contributed by atoms with Gasteiger partial charge < -0.3 is 19.3 Å². The molecular formula is C31H37FO5. The fraction of sp³-hybridized carbons (Fsp3) is 0.387. The van der Waals surface area contributed by atoms with Crippen molar-refractivity contribution in [3.05, 3.63) is 83.2 Å². The summed E-state index contributed by atoms with van der Waals surface area (Å²) in [6.07, 6.45) is 3.18. The highest BCUT2D eigenvalue weighted by Gasteiger charge is 2.22. The summed E-state index contributed by atoms with van der Waals surface area (Å²) >= 11 is 0. The zero-order valence-corrected chi connectivity index (χ0v) is 22.2. The van der Waals surface area contributed by atoms with Crippen LogP contribution in [0.5, 0.6) is 11.5 Å². The lowest BCUT2D eigenvalue weighted by Gasteiger charge is -2.26. The Balaban J connectivity index is 1.86. The second-order valence-corrected chi connectivity index (χ2v) is 10.0. The molecule has 0 aliphatic rings. The first-order valence-corrected chi connectivity index (χ1v) is 12.6. The molecule has 0 aromatic heterocycles. The third-order valence-corrected chi connectivity index (χ3v) is 6.46. The lowest BCUT2D eigenvalue weighted by Crippen LogP contribution is -2.16. The van der Waals surface area contributed by atoms with Crippen LogP contribution in [0.1, 0.15) is 49.8 Å². The number of carbonyl (C=O) groups excluding carboxylic acids is 1. The topological polar surface area (TPSA) is 65.0 Å². The number of aryl methyl sites for hydroxylation is 1. The van der Waals surface area contributed by atoms with Crippen molar-refractivity contribution in [3.63, 3.8) is 0 Å². The van der Waals surface area contributed by atoms with Crippen LogP contribution >= 0.6 is 0 Å². The van der Waals surface area contributed by atoms with Gasteiger partial charge in [-0.15, -0.1) is 0 Å². The summed E-state index contributed by atoms with van der Waals surface area (Å²) in [6.45, 7) is 4.83. The number of hydrogen-bond acceptors (Lipinski definition) is 5. The molecular weight excluding hydrogens is 471 g/mol. The number of carbonyl (C=O) groups is 1. The van der Waals surface area contributed by atoms with Crippen LogP contribution in [0.3, 0.4) is 0 Å². The molecule has 0 heterocycles. The highest BCUT2D eigenvalue weighted by Crippen LogP contribution is 2.36. The van der Waals surface area contributed by atoms with E-state index in [2.05, 4.69) is 19.9 Å². The average molecular weight is 509 g/mol. The molecule has 0 atom stereocenters. The molecule has 0 saturated carbocycles. The molecule has 0 fully saturated rings. The number of methoxy groups -OCH3 is 2. The van der Waals surface area contributed by atoms with Gasteiger partial charge in [0.05, 0.1) is 14.2 Å². The van der Waals surface area contributed by atoms with Crippen molar-refractivity contribution < 1.29 is 28.5 Å². The van der Waals surface area contributed by atoms with E-state index >= 15 is 0 Å². The van der Waals surface area contributed by atoms with E-state index in [4.69, 9.17) is 14.2 Å². The molecule has 5 nitrogen and oxygen atoms in total. The van der Waals surface area contributed by atoms with Crippen LogP contribution in [0.25, 0.3) is 11.1 Å². The Morgan fingerprint density at radius 2 is 1.76 bits per heavy atom. The van der Waals surface area contributed by atoms with Gasteiger partial charge in [0.25, 0.3) is 0 Å². The van der Waals surface area contributed by atoms with Gasteiger partial charge in [-0.25, -0.2) is 4.39 Å². The second-order valence-electron chi connectivity index (χ2n) is 10.0. The highest BCUT2D eigenvalue weighted by atomic mass is 19.1. The third kappa shape index (κ3) is 8.32. The number of aliphatic hydroxyl groups excluding tert-OH is 1. The SMILES string of the molecule is COC(=O)CCc1cccc(OCc2ccc(-c3cc(OC)ccc3F)c(CC(C)(C)CCCO)c2)c1. The number of aliphatic hydroxyl groups is 1. The van der Waals surface area contributed by atoms with Crippen LogP contribution < -0.4 is 9.47 Å². The minimum absolute atomic E-state index is 0.0831. The minimum atomic E-state index is -0.303. The van der Waals surface area contributed by atoms with E-state index in [9.17, 15) is 14.3 Å². The van der Waals surface area contributed by atoms with Crippen LogP contribution in [-0.4, -0.2) is 31.9 Å². The van der Waals surface area contributed by atoms with Crippen LogP contribution in [0.4, 0.5) is 4.39 Å². The van der Waals surface area contributed by atoms with Gasteiger partial charge in [-0.2, -0.15) is 0 Å². The maximum atomic E-state index is 14.9. The fourth-order valence-corrected chi connectivity index (χ4v) is 4.45. The summed E-state index contributed by atoms with van der Waals surface area (Å²) in [5.74, 6) is 0.771. The van der Waals surface area contributed by atoms with Crippen molar-refractivity contribution in [2.24, 2.45) is 5.41 Å². The first kappa shape index (κ1) is 28.2. The molecule has 1 N–H and O–H groups in total. The maximum absolute atomic E-state index is 14.9. The number of benzene rings is 3. The molecule has 0 unspecified atom stereocenters. The molecule has 6 heteroatoms. The van der Waals surface area contributed by atoms with Gasteiger partial charge in [0.2, 0.25) is 0 Å². The molecule has 3 aromatic rings. The standard InChI is InChI=1S/C31H37FO5/c1-31(2,15-6-16-33)20-24-17-23(9-12-27(24)28-19-25(35-3)11-13-29(28)32)21-37-26-8-5-7-22(18-26)10-14-30(34)36-4/h5,7-9,11-13,17-19,33H,6,10,14-16,20-21H2,1-4H3. The van der Waals surface area contributed by atoms with Crippen molar-refractivity contribution in [2.75, 3.05) is 20.8 Å². The first-order chi connectivity index (χ1) is 17.7. The Hall–Kier alpha value is -3.38. The molecule has 0 aliphatic heterocycles. The molecule has 0 amide bonds. The van der Waals surface area contributed by atoms with Gasteiger partial charge >= 0.3 is 5.97 Å². The molecule has 198 valence electrons. The van der Waals surface area contributed by atoms with Gasteiger partial charge in [-0.05, 0) is 83.7 Å². The van der Waals surface area contributed by atoms with Gasteiger partial charge in [0.15, 0.2) is 0 Å². The van der Waals surface area contributed by atoms with E-state index in [1.54, 1.807) is 19.2 Å². The summed E-state index contributed by atoms with van der Waals surface area (Å²) in [6, 6.07) is 18.4. The van der Waals surface area contributed by atoms with Gasteiger partial charge in [0, 0.05) is 18.6 Å². The third-order valence-electron chi connectivity index (χ3n) is 6.46.